The molecule has 1 heterocycles. The molecular weight excluding hydrogens is 276 g/mol. The predicted octanol–water partition coefficient (Wildman–Crippen LogP) is 4.48. The van der Waals surface area contributed by atoms with Crippen LogP contribution in [-0.4, -0.2) is 7.11 Å². The lowest BCUT2D eigenvalue weighted by molar-refractivity contribution is -0.300. The summed E-state index contributed by atoms with van der Waals surface area (Å²) < 4.78 is 5.15. The highest BCUT2D eigenvalue weighted by atomic mass is 35.5. The zero-order chi connectivity index (χ0) is 13.9. The maximum atomic E-state index is 5.89. The fourth-order valence-electron chi connectivity index (χ4n) is 2.29. The van der Waals surface area contributed by atoms with Crippen molar-refractivity contribution >= 4 is 11.6 Å². The van der Waals surface area contributed by atoms with Crippen LogP contribution in [0.15, 0.2) is 48.5 Å². The molecule has 0 amide bonds. The van der Waals surface area contributed by atoms with Crippen molar-refractivity contribution in [2.75, 3.05) is 7.11 Å². The summed E-state index contributed by atoms with van der Waals surface area (Å²) in [5.74, 6) is 0.835. The molecule has 1 saturated heterocycles. The summed E-state index contributed by atoms with van der Waals surface area (Å²) >= 11 is 5.89. The van der Waals surface area contributed by atoms with Crippen molar-refractivity contribution in [3.8, 4) is 5.75 Å². The second-order valence-electron chi connectivity index (χ2n) is 4.73. The van der Waals surface area contributed by atoms with E-state index in [9.17, 15) is 0 Å². The van der Waals surface area contributed by atoms with Gasteiger partial charge in [-0.25, -0.2) is 9.78 Å². The Balaban J connectivity index is 1.71. The normalized spacial score (nSPS) is 21.9. The van der Waals surface area contributed by atoms with Crippen molar-refractivity contribution in [3.63, 3.8) is 0 Å². The Hall–Kier alpha value is -1.55. The first-order chi connectivity index (χ1) is 9.76. The maximum absolute atomic E-state index is 5.89. The number of halogens is 1. The summed E-state index contributed by atoms with van der Waals surface area (Å²) in [6.07, 6.45) is 0.675. The van der Waals surface area contributed by atoms with Crippen LogP contribution in [0.3, 0.4) is 0 Å². The lowest BCUT2D eigenvalue weighted by Crippen LogP contribution is -1.96. The summed E-state index contributed by atoms with van der Waals surface area (Å²) in [6.45, 7) is 0. The Morgan fingerprint density at radius 1 is 0.900 bits per heavy atom. The molecule has 0 saturated carbocycles. The van der Waals surface area contributed by atoms with Crippen LogP contribution in [-0.2, 0) is 9.78 Å². The Kier molecular flexibility index (Phi) is 3.92. The van der Waals surface area contributed by atoms with Crippen molar-refractivity contribution in [2.24, 2.45) is 0 Å². The number of hydrogen-bond donors (Lipinski definition) is 0. The second kappa shape index (κ2) is 5.83. The van der Waals surface area contributed by atoms with Gasteiger partial charge in [-0.15, -0.1) is 0 Å². The molecule has 4 heteroatoms. The van der Waals surface area contributed by atoms with E-state index in [4.69, 9.17) is 26.1 Å². The SMILES string of the molecule is COc1ccc([C@@H]2CC(c3ccc(Cl)cc3)OO2)cc1. The zero-order valence-electron chi connectivity index (χ0n) is 11.1. The molecule has 2 atom stereocenters. The third kappa shape index (κ3) is 2.80. The average Bonchev–Trinajstić information content (AvgIpc) is 2.98. The van der Waals surface area contributed by atoms with Crippen molar-refractivity contribution in [1.82, 2.24) is 0 Å². The highest BCUT2D eigenvalue weighted by Gasteiger charge is 2.29. The third-order valence-electron chi connectivity index (χ3n) is 3.45. The van der Waals surface area contributed by atoms with Crippen LogP contribution in [0.25, 0.3) is 0 Å². The molecule has 1 unspecified atom stereocenters. The molecule has 1 fully saturated rings. The van der Waals surface area contributed by atoms with Crippen LogP contribution in [0, 0.1) is 0 Å². The number of rotatable bonds is 3. The molecule has 1 aliphatic rings. The van der Waals surface area contributed by atoms with Crippen molar-refractivity contribution in [2.45, 2.75) is 18.6 Å². The van der Waals surface area contributed by atoms with Gasteiger partial charge in [0.05, 0.1) is 7.11 Å². The minimum atomic E-state index is -0.0561. The van der Waals surface area contributed by atoms with Gasteiger partial charge in [-0.3, -0.25) is 0 Å². The van der Waals surface area contributed by atoms with Gasteiger partial charge in [0.1, 0.15) is 18.0 Å². The Morgan fingerprint density at radius 3 is 1.90 bits per heavy atom. The highest BCUT2D eigenvalue weighted by molar-refractivity contribution is 6.30. The summed E-state index contributed by atoms with van der Waals surface area (Å²) in [4.78, 5) is 10.9. The molecule has 0 aromatic heterocycles. The number of hydrogen-bond acceptors (Lipinski definition) is 3. The molecule has 3 nitrogen and oxygen atoms in total. The summed E-state index contributed by atoms with van der Waals surface area (Å²) in [6, 6.07) is 15.5. The third-order valence-corrected chi connectivity index (χ3v) is 3.70. The van der Waals surface area contributed by atoms with E-state index < -0.39 is 0 Å². The number of ether oxygens (including phenoxy) is 1. The van der Waals surface area contributed by atoms with Gasteiger partial charge >= 0.3 is 0 Å². The topological polar surface area (TPSA) is 27.7 Å². The minimum absolute atomic E-state index is 0.0541. The molecule has 2 aromatic carbocycles. The van der Waals surface area contributed by atoms with E-state index in [1.807, 2.05) is 48.5 Å². The highest BCUT2D eigenvalue weighted by Crippen LogP contribution is 2.39. The molecule has 0 aliphatic carbocycles. The molecule has 0 radical (unpaired) electrons. The first-order valence-electron chi connectivity index (χ1n) is 6.48. The summed E-state index contributed by atoms with van der Waals surface area (Å²) in [5, 5.41) is 0.722. The predicted molar refractivity (Wildman–Crippen MR) is 76.7 cm³/mol. The first-order valence-corrected chi connectivity index (χ1v) is 6.85. The average molecular weight is 291 g/mol. The molecule has 104 valence electrons. The van der Waals surface area contributed by atoms with E-state index in [1.165, 1.54) is 0 Å². The molecule has 0 bridgehead atoms. The van der Waals surface area contributed by atoms with Crippen LogP contribution < -0.4 is 4.74 Å². The van der Waals surface area contributed by atoms with Crippen LogP contribution in [0.2, 0.25) is 5.02 Å². The number of benzene rings is 2. The largest absolute Gasteiger partial charge is 0.497 e. The molecule has 2 aromatic rings. The Morgan fingerprint density at radius 2 is 1.40 bits per heavy atom. The van der Waals surface area contributed by atoms with Gasteiger partial charge in [0, 0.05) is 11.4 Å². The zero-order valence-corrected chi connectivity index (χ0v) is 11.8. The fraction of sp³-hybridized carbons (Fsp3) is 0.250. The van der Waals surface area contributed by atoms with Crippen LogP contribution >= 0.6 is 11.6 Å². The first kappa shape index (κ1) is 13.4. The van der Waals surface area contributed by atoms with Gasteiger partial charge in [0.2, 0.25) is 0 Å². The molecule has 1 aliphatic heterocycles. The van der Waals surface area contributed by atoms with E-state index >= 15 is 0 Å². The number of methoxy groups -OCH3 is 1. The molecule has 3 rings (SSSR count). The lowest BCUT2D eigenvalue weighted by Gasteiger charge is -2.08. The standard InChI is InChI=1S/C16H15ClO3/c1-18-14-8-4-12(5-9-14)16-10-15(19-20-16)11-2-6-13(17)7-3-11/h2-9,15-16H,10H2,1H3/t15?,16-/m0/s1. The molecule has 0 spiro atoms. The van der Waals surface area contributed by atoms with Crippen LogP contribution in [0.4, 0.5) is 0 Å². The van der Waals surface area contributed by atoms with Crippen LogP contribution in [0.1, 0.15) is 29.8 Å². The fourth-order valence-corrected chi connectivity index (χ4v) is 2.41. The Bertz CT molecular complexity index is 565. The molecule has 20 heavy (non-hydrogen) atoms. The second-order valence-corrected chi connectivity index (χ2v) is 5.17. The van der Waals surface area contributed by atoms with Gasteiger partial charge in [-0.1, -0.05) is 35.9 Å². The Labute approximate surface area is 123 Å². The monoisotopic (exact) mass is 290 g/mol. The quantitative estimate of drug-likeness (QED) is 0.780. The van der Waals surface area contributed by atoms with Gasteiger partial charge in [-0.05, 0) is 35.4 Å². The van der Waals surface area contributed by atoms with Gasteiger partial charge in [0.15, 0.2) is 0 Å². The van der Waals surface area contributed by atoms with Crippen molar-refractivity contribution in [1.29, 1.82) is 0 Å². The van der Waals surface area contributed by atoms with Gasteiger partial charge in [-0.2, -0.15) is 0 Å². The van der Waals surface area contributed by atoms with Crippen molar-refractivity contribution < 1.29 is 14.5 Å². The van der Waals surface area contributed by atoms with E-state index in [-0.39, 0.29) is 12.2 Å². The van der Waals surface area contributed by atoms with Gasteiger partial charge in [0.25, 0.3) is 0 Å². The smallest absolute Gasteiger partial charge is 0.121 e. The molecular formula is C16H15ClO3. The molecule has 0 N–H and O–H groups in total. The van der Waals surface area contributed by atoms with Gasteiger partial charge < -0.3 is 4.74 Å². The summed E-state index contributed by atoms with van der Waals surface area (Å²) in [7, 11) is 1.65. The van der Waals surface area contributed by atoms with E-state index in [0.29, 0.717) is 0 Å². The van der Waals surface area contributed by atoms with Crippen molar-refractivity contribution in [3.05, 3.63) is 64.7 Å². The minimum Gasteiger partial charge on any atom is -0.497 e. The maximum Gasteiger partial charge on any atom is 0.121 e. The van der Waals surface area contributed by atoms with Crippen LogP contribution in [0.5, 0.6) is 5.75 Å². The summed E-state index contributed by atoms with van der Waals surface area (Å²) in [5.41, 5.74) is 2.16. The van der Waals surface area contributed by atoms with E-state index in [1.54, 1.807) is 7.11 Å². The van der Waals surface area contributed by atoms with E-state index in [2.05, 4.69) is 0 Å². The lowest BCUT2D eigenvalue weighted by atomic mass is 10.00. The van der Waals surface area contributed by atoms with E-state index in [0.717, 1.165) is 28.3 Å².